The number of anilines is 2. The molecule has 0 spiro atoms. The molecule has 4 aromatic rings. The minimum absolute atomic E-state index is 0.00216. The fraction of sp³-hybridized carbons (Fsp3) is 0.107. The van der Waals surface area contributed by atoms with Crippen molar-refractivity contribution in [1.29, 1.82) is 0 Å². The third-order valence-corrected chi connectivity index (χ3v) is 5.56. The summed E-state index contributed by atoms with van der Waals surface area (Å²) in [5, 5.41) is 2.76. The van der Waals surface area contributed by atoms with Gasteiger partial charge < -0.3 is 10.1 Å². The monoisotopic (exact) mass is 498 g/mol. The van der Waals surface area contributed by atoms with E-state index in [0.29, 0.717) is 11.3 Å². The van der Waals surface area contributed by atoms with Crippen molar-refractivity contribution in [3.8, 4) is 0 Å². The van der Waals surface area contributed by atoms with Crippen LogP contribution in [0.2, 0.25) is 0 Å². The van der Waals surface area contributed by atoms with Gasteiger partial charge in [0.15, 0.2) is 0 Å². The van der Waals surface area contributed by atoms with Crippen LogP contribution in [-0.4, -0.2) is 34.9 Å². The molecule has 186 valence electrons. The van der Waals surface area contributed by atoms with E-state index in [1.807, 2.05) is 19.1 Å². The van der Waals surface area contributed by atoms with Crippen LogP contribution in [0.25, 0.3) is 0 Å². The number of esters is 1. The molecule has 0 bridgehead atoms. The van der Waals surface area contributed by atoms with Gasteiger partial charge in [0.1, 0.15) is 17.6 Å². The van der Waals surface area contributed by atoms with Crippen molar-refractivity contribution in [2.75, 3.05) is 17.3 Å². The average Bonchev–Trinajstić information content (AvgIpc) is 2.93. The van der Waals surface area contributed by atoms with Crippen molar-refractivity contribution in [3.05, 3.63) is 120 Å². The summed E-state index contributed by atoms with van der Waals surface area (Å²) in [6.07, 6.45) is 4.09. The second kappa shape index (κ2) is 11.2. The minimum atomic E-state index is -1.19. The molecule has 0 saturated heterocycles. The van der Waals surface area contributed by atoms with Crippen molar-refractivity contribution in [2.24, 2.45) is 0 Å². The maximum atomic E-state index is 13.9. The maximum Gasteiger partial charge on any atom is 0.337 e. The Bertz CT molecular complexity index is 1410. The first-order valence-corrected chi connectivity index (χ1v) is 11.3. The smallest absolute Gasteiger partial charge is 0.337 e. The van der Waals surface area contributed by atoms with Crippen LogP contribution in [0.3, 0.4) is 0 Å². The summed E-state index contributed by atoms with van der Waals surface area (Å²) < 4.78 is 18.3. The Balaban J connectivity index is 1.87. The number of aryl methyl sites for hydroxylation is 1. The Kier molecular flexibility index (Phi) is 7.63. The zero-order valence-corrected chi connectivity index (χ0v) is 20.1. The zero-order chi connectivity index (χ0) is 26.4. The number of hydrogen-bond acceptors (Lipinski definition) is 6. The first-order valence-electron chi connectivity index (χ1n) is 11.3. The number of nitrogens with one attached hydrogen (secondary N) is 1. The minimum Gasteiger partial charge on any atom is -0.465 e. The molecule has 0 aliphatic carbocycles. The number of aromatic nitrogens is 2. The van der Waals surface area contributed by atoms with Gasteiger partial charge >= 0.3 is 5.97 Å². The highest BCUT2D eigenvalue weighted by atomic mass is 19.1. The van der Waals surface area contributed by atoms with Crippen LogP contribution in [0.4, 0.5) is 15.8 Å². The van der Waals surface area contributed by atoms with Gasteiger partial charge in [0.2, 0.25) is 0 Å². The van der Waals surface area contributed by atoms with E-state index in [1.54, 1.807) is 30.3 Å². The summed E-state index contributed by atoms with van der Waals surface area (Å²) in [4.78, 5) is 49.2. The van der Waals surface area contributed by atoms with Crippen molar-refractivity contribution in [1.82, 2.24) is 9.97 Å². The normalized spacial score (nSPS) is 11.3. The summed E-state index contributed by atoms with van der Waals surface area (Å²) in [6, 6.07) is 17.4. The summed E-state index contributed by atoms with van der Waals surface area (Å²) in [6.45, 7) is 1.90. The molecule has 1 aromatic heterocycles. The molecule has 1 unspecified atom stereocenters. The molecule has 0 fully saturated rings. The van der Waals surface area contributed by atoms with Crippen LogP contribution in [0.5, 0.6) is 0 Å². The van der Waals surface area contributed by atoms with E-state index in [-0.39, 0.29) is 16.9 Å². The van der Waals surface area contributed by atoms with E-state index < -0.39 is 29.6 Å². The molecule has 0 aliphatic rings. The van der Waals surface area contributed by atoms with E-state index in [2.05, 4.69) is 15.3 Å². The Hall–Kier alpha value is -4.92. The van der Waals surface area contributed by atoms with Crippen LogP contribution >= 0.6 is 0 Å². The lowest BCUT2D eigenvalue weighted by atomic mass is 10.0. The SMILES string of the molecule is COC(=O)c1cccc(N(C(=O)c2cnccn2)C(C(=O)Nc2ccc(F)cc2)c2ccc(C)cc2)c1. The second-order valence-corrected chi connectivity index (χ2v) is 8.12. The summed E-state index contributed by atoms with van der Waals surface area (Å²) in [5.74, 6) is -2.23. The predicted molar refractivity (Wildman–Crippen MR) is 136 cm³/mol. The standard InChI is InChI=1S/C28H23FN4O4/c1-18-6-8-19(9-7-18)25(26(34)32-22-12-10-21(29)11-13-22)33(27(35)24-17-30-14-15-31-24)23-5-3-4-20(16-23)28(36)37-2/h3-17,25H,1-2H3,(H,32,34). The number of nitrogens with zero attached hydrogens (tertiary/aromatic N) is 3. The number of ether oxygens (including phenoxy) is 1. The van der Waals surface area contributed by atoms with Gasteiger partial charge in [-0.3, -0.25) is 19.5 Å². The van der Waals surface area contributed by atoms with Crippen LogP contribution in [0.1, 0.15) is 38.0 Å². The van der Waals surface area contributed by atoms with Gasteiger partial charge in [-0.1, -0.05) is 35.9 Å². The van der Waals surface area contributed by atoms with Gasteiger partial charge in [0.25, 0.3) is 11.8 Å². The highest BCUT2D eigenvalue weighted by Gasteiger charge is 2.34. The molecule has 8 nitrogen and oxygen atoms in total. The van der Waals surface area contributed by atoms with E-state index in [9.17, 15) is 18.8 Å². The number of methoxy groups -OCH3 is 1. The molecule has 1 atom stereocenters. The van der Waals surface area contributed by atoms with Gasteiger partial charge in [0, 0.05) is 23.8 Å². The first-order chi connectivity index (χ1) is 17.9. The lowest BCUT2D eigenvalue weighted by molar-refractivity contribution is -0.117. The molecule has 9 heteroatoms. The molecule has 0 aliphatic heterocycles. The summed E-state index contributed by atoms with van der Waals surface area (Å²) in [5.41, 5.74) is 2.26. The summed E-state index contributed by atoms with van der Waals surface area (Å²) in [7, 11) is 1.25. The van der Waals surface area contributed by atoms with Crippen LogP contribution in [0.15, 0.2) is 91.4 Å². The fourth-order valence-corrected chi connectivity index (χ4v) is 3.73. The van der Waals surface area contributed by atoms with Crippen molar-refractivity contribution < 1.29 is 23.5 Å². The Labute approximate surface area is 212 Å². The van der Waals surface area contributed by atoms with E-state index in [4.69, 9.17) is 4.74 Å². The van der Waals surface area contributed by atoms with Gasteiger partial charge in [-0.05, 0) is 55.0 Å². The number of halogens is 1. The highest BCUT2D eigenvalue weighted by Crippen LogP contribution is 2.31. The van der Waals surface area contributed by atoms with E-state index >= 15 is 0 Å². The molecular weight excluding hydrogens is 475 g/mol. The highest BCUT2D eigenvalue weighted by molar-refractivity contribution is 6.11. The molecule has 2 amide bonds. The molecule has 0 saturated carbocycles. The molecule has 4 rings (SSSR count). The van der Waals surface area contributed by atoms with Crippen molar-refractivity contribution in [3.63, 3.8) is 0 Å². The van der Waals surface area contributed by atoms with Gasteiger partial charge in [-0.25, -0.2) is 14.2 Å². The maximum absolute atomic E-state index is 13.9. The molecule has 3 aromatic carbocycles. The number of rotatable bonds is 7. The average molecular weight is 499 g/mol. The zero-order valence-electron chi connectivity index (χ0n) is 20.1. The predicted octanol–water partition coefficient (Wildman–Crippen LogP) is 4.74. The van der Waals surface area contributed by atoms with Crippen LogP contribution < -0.4 is 10.2 Å². The molecule has 1 N–H and O–H groups in total. The molecule has 1 heterocycles. The van der Waals surface area contributed by atoms with Crippen LogP contribution in [-0.2, 0) is 9.53 Å². The van der Waals surface area contributed by atoms with Gasteiger partial charge in [0.05, 0.1) is 18.9 Å². The van der Waals surface area contributed by atoms with E-state index in [0.717, 1.165) is 5.56 Å². The topological polar surface area (TPSA) is 101 Å². The molecule has 37 heavy (non-hydrogen) atoms. The lowest BCUT2D eigenvalue weighted by Crippen LogP contribution is -2.42. The largest absolute Gasteiger partial charge is 0.465 e. The third kappa shape index (κ3) is 5.84. The quantitative estimate of drug-likeness (QED) is 0.370. The number of carbonyl (C=O) groups is 3. The van der Waals surface area contributed by atoms with E-state index in [1.165, 1.54) is 60.9 Å². The number of hydrogen-bond donors (Lipinski definition) is 1. The fourth-order valence-electron chi connectivity index (χ4n) is 3.73. The van der Waals surface area contributed by atoms with Gasteiger partial charge in [-0.15, -0.1) is 0 Å². The van der Waals surface area contributed by atoms with Crippen molar-refractivity contribution in [2.45, 2.75) is 13.0 Å². The number of carbonyl (C=O) groups excluding carboxylic acids is 3. The first kappa shape index (κ1) is 25.2. The number of amides is 2. The molecular formula is C28H23FN4O4. The third-order valence-electron chi connectivity index (χ3n) is 5.56. The van der Waals surface area contributed by atoms with Gasteiger partial charge in [-0.2, -0.15) is 0 Å². The number of benzene rings is 3. The van der Waals surface area contributed by atoms with Crippen LogP contribution in [0, 0.1) is 12.7 Å². The van der Waals surface area contributed by atoms with Crippen molar-refractivity contribution >= 4 is 29.2 Å². The Morgan fingerprint density at radius 1 is 0.973 bits per heavy atom. The summed E-state index contributed by atoms with van der Waals surface area (Å²) >= 11 is 0. The Morgan fingerprint density at radius 2 is 1.70 bits per heavy atom. The lowest BCUT2D eigenvalue weighted by Gasteiger charge is -2.31. The Morgan fingerprint density at radius 3 is 2.35 bits per heavy atom. The molecule has 0 radical (unpaired) electrons. The second-order valence-electron chi connectivity index (χ2n) is 8.12.